The monoisotopic (exact) mass is 270 g/mol. The van der Waals surface area contributed by atoms with E-state index < -0.39 is 0 Å². The number of nitrogens with two attached hydrogens (primary N) is 1. The van der Waals surface area contributed by atoms with Crippen molar-refractivity contribution < 1.29 is 9.53 Å². The quantitative estimate of drug-likeness (QED) is 0.878. The summed E-state index contributed by atoms with van der Waals surface area (Å²) in [6, 6.07) is 16.7. The Morgan fingerprint density at radius 2 is 1.95 bits per heavy atom. The molecule has 4 nitrogen and oxygen atoms in total. The molecular formula is C16H18N2O2. The maximum atomic E-state index is 11.7. The second-order valence-corrected chi connectivity index (χ2v) is 4.56. The predicted molar refractivity (Wildman–Crippen MR) is 79.6 cm³/mol. The van der Waals surface area contributed by atoms with Gasteiger partial charge in [0.15, 0.2) is 6.61 Å². The Morgan fingerprint density at radius 1 is 1.20 bits per heavy atom. The van der Waals surface area contributed by atoms with Gasteiger partial charge < -0.3 is 15.8 Å². The third-order valence-electron chi connectivity index (χ3n) is 2.81. The molecule has 20 heavy (non-hydrogen) atoms. The summed E-state index contributed by atoms with van der Waals surface area (Å²) in [5.41, 5.74) is 7.54. The fourth-order valence-corrected chi connectivity index (χ4v) is 1.75. The summed E-state index contributed by atoms with van der Waals surface area (Å²) in [4.78, 5) is 11.7. The molecule has 0 unspecified atom stereocenters. The summed E-state index contributed by atoms with van der Waals surface area (Å²) in [7, 11) is 0. The Bertz CT molecular complexity index is 568. The summed E-state index contributed by atoms with van der Waals surface area (Å²) in [6.07, 6.45) is 0. The molecule has 0 saturated heterocycles. The van der Waals surface area contributed by atoms with Crippen molar-refractivity contribution in [1.29, 1.82) is 0 Å². The number of anilines is 1. The number of benzene rings is 2. The number of hydrogen-bond donors (Lipinski definition) is 2. The zero-order valence-electron chi connectivity index (χ0n) is 11.4. The molecule has 0 spiro atoms. The molecule has 0 aromatic heterocycles. The largest absolute Gasteiger partial charge is 0.484 e. The fraction of sp³-hybridized carbons (Fsp3) is 0.188. The Labute approximate surface area is 118 Å². The van der Waals surface area contributed by atoms with Crippen LogP contribution in [0.4, 0.5) is 5.69 Å². The zero-order chi connectivity index (χ0) is 14.4. The Balaban J connectivity index is 1.89. The van der Waals surface area contributed by atoms with Crippen LogP contribution in [-0.2, 0) is 4.79 Å². The highest BCUT2D eigenvalue weighted by Crippen LogP contribution is 2.17. The van der Waals surface area contributed by atoms with E-state index in [2.05, 4.69) is 5.32 Å². The maximum absolute atomic E-state index is 11.7. The number of hydrogen-bond acceptors (Lipinski definition) is 3. The minimum absolute atomic E-state index is 0.0305. The van der Waals surface area contributed by atoms with E-state index in [1.165, 1.54) is 0 Å². The lowest BCUT2D eigenvalue weighted by molar-refractivity contribution is -0.118. The maximum Gasteiger partial charge on any atom is 0.262 e. The molecule has 2 aromatic carbocycles. The first kappa shape index (κ1) is 14.1. The Kier molecular flexibility index (Phi) is 4.74. The van der Waals surface area contributed by atoms with Gasteiger partial charge in [-0.3, -0.25) is 4.79 Å². The highest BCUT2D eigenvalue weighted by Gasteiger charge is 2.05. The molecular weight excluding hydrogens is 252 g/mol. The topological polar surface area (TPSA) is 64.3 Å². The molecule has 3 N–H and O–H groups in total. The van der Waals surface area contributed by atoms with E-state index >= 15 is 0 Å². The van der Waals surface area contributed by atoms with E-state index in [1.807, 2.05) is 61.5 Å². The van der Waals surface area contributed by atoms with E-state index in [-0.39, 0.29) is 18.6 Å². The summed E-state index contributed by atoms with van der Waals surface area (Å²) >= 11 is 0. The van der Waals surface area contributed by atoms with E-state index in [4.69, 9.17) is 10.5 Å². The summed E-state index contributed by atoms with van der Waals surface area (Å²) in [5.74, 6) is 0.449. The third kappa shape index (κ3) is 4.10. The van der Waals surface area contributed by atoms with Crippen LogP contribution in [0.2, 0.25) is 0 Å². The van der Waals surface area contributed by atoms with Gasteiger partial charge >= 0.3 is 0 Å². The van der Waals surface area contributed by atoms with Crippen molar-refractivity contribution in [3.8, 4) is 5.75 Å². The van der Waals surface area contributed by atoms with Gasteiger partial charge in [0.2, 0.25) is 0 Å². The van der Waals surface area contributed by atoms with Gasteiger partial charge in [-0.05, 0) is 36.8 Å². The van der Waals surface area contributed by atoms with Crippen LogP contribution >= 0.6 is 0 Å². The minimum Gasteiger partial charge on any atom is -0.484 e. The van der Waals surface area contributed by atoms with Crippen molar-refractivity contribution in [3.63, 3.8) is 0 Å². The molecule has 0 aliphatic carbocycles. The van der Waals surface area contributed by atoms with Gasteiger partial charge in [-0.1, -0.05) is 30.3 Å². The molecule has 0 aliphatic heterocycles. The lowest BCUT2D eigenvalue weighted by atomic mass is 10.1. The van der Waals surface area contributed by atoms with Gasteiger partial charge in [0.1, 0.15) is 5.75 Å². The average Bonchev–Trinajstić information content (AvgIpc) is 2.46. The van der Waals surface area contributed by atoms with E-state index in [0.29, 0.717) is 5.75 Å². The summed E-state index contributed by atoms with van der Waals surface area (Å²) < 4.78 is 5.46. The summed E-state index contributed by atoms with van der Waals surface area (Å²) in [5, 5.41) is 2.76. The normalized spacial score (nSPS) is 11.7. The van der Waals surface area contributed by atoms with Gasteiger partial charge in [0, 0.05) is 11.7 Å². The van der Waals surface area contributed by atoms with Crippen LogP contribution in [0.3, 0.4) is 0 Å². The molecule has 1 amide bonds. The number of amides is 1. The molecule has 0 saturated carbocycles. The number of nitrogens with one attached hydrogen (secondary N) is 1. The standard InChI is InChI=1S/C16H18N2O2/c1-12(17)13-6-5-9-15(10-13)20-11-16(19)18-14-7-3-2-4-8-14/h2-10,12H,11,17H2,1H3,(H,18,19)/t12-/m1/s1. The zero-order valence-corrected chi connectivity index (χ0v) is 11.4. The van der Waals surface area contributed by atoms with Crippen LogP contribution in [-0.4, -0.2) is 12.5 Å². The molecule has 1 atom stereocenters. The van der Waals surface area contributed by atoms with Gasteiger partial charge in [-0.15, -0.1) is 0 Å². The molecule has 4 heteroatoms. The van der Waals surface area contributed by atoms with Crippen LogP contribution in [0.1, 0.15) is 18.5 Å². The molecule has 0 bridgehead atoms. The van der Waals surface area contributed by atoms with Crippen LogP contribution < -0.4 is 15.8 Å². The second-order valence-electron chi connectivity index (χ2n) is 4.56. The van der Waals surface area contributed by atoms with Crippen LogP contribution in [0, 0.1) is 0 Å². The lowest BCUT2D eigenvalue weighted by Gasteiger charge is -2.10. The van der Waals surface area contributed by atoms with E-state index in [1.54, 1.807) is 0 Å². The van der Waals surface area contributed by atoms with Gasteiger partial charge in [0.25, 0.3) is 5.91 Å². The third-order valence-corrected chi connectivity index (χ3v) is 2.81. The number of ether oxygens (including phenoxy) is 1. The van der Waals surface area contributed by atoms with Crippen molar-refractivity contribution in [3.05, 3.63) is 60.2 Å². The Morgan fingerprint density at radius 3 is 2.65 bits per heavy atom. The Hall–Kier alpha value is -2.33. The van der Waals surface area contributed by atoms with Gasteiger partial charge in [-0.2, -0.15) is 0 Å². The van der Waals surface area contributed by atoms with Crippen LogP contribution in [0.25, 0.3) is 0 Å². The molecule has 2 aromatic rings. The molecule has 2 rings (SSSR count). The van der Waals surface area contributed by atoms with Crippen molar-refractivity contribution >= 4 is 11.6 Å². The second kappa shape index (κ2) is 6.73. The average molecular weight is 270 g/mol. The van der Waals surface area contributed by atoms with Gasteiger partial charge in [0.05, 0.1) is 0 Å². The summed E-state index contributed by atoms with van der Waals surface area (Å²) in [6.45, 7) is 1.87. The molecule has 0 fully saturated rings. The van der Waals surface area contributed by atoms with Crippen molar-refractivity contribution in [2.45, 2.75) is 13.0 Å². The first-order chi connectivity index (χ1) is 9.65. The van der Waals surface area contributed by atoms with E-state index in [9.17, 15) is 4.79 Å². The highest BCUT2D eigenvalue weighted by molar-refractivity contribution is 5.91. The van der Waals surface area contributed by atoms with Crippen LogP contribution in [0.5, 0.6) is 5.75 Å². The fourth-order valence-electron chi connectivity index (χ4n) is 1.75. The minimum atomic E-state index is -0.192. The first-order valence-electron chi connectivity index (χ1n) is 6.48. The van der Waals surface area contributed by atoms with E-state index in [0.717, 1.165) is 11.3 Å². The number of rotatable bonds is 5. The molecule has 104 valence electrons. The van der Waals surface area contributed by atoms with Crippen molar-refractivity contribution in [1.82, 2.24) is 0 Å². The number of para-hydroxylation sites is 1. The molecule has 0 aliphatic rings. The predicted octanol–water partition coefficient (Wildman–Crippen LogP) is 2.72. The SMILES string of the molecule is C[C@@H](N)c1cccc(OCC(=O)Nc2ccccc2)c1. The molecule has 0 radical (unpaired) electrons. The first-order valence-corrected chi connectivity index (χ1v) is 6.48. The number of carbonyl (C=O) groups excluding carboxylic acids is 1. The lowest BCUT2D eigenvalue weighted by Crippen LogP contribution is -2.20. The highest BCUT2D eigenvalue weighted by atomic mass is 16.5. The van der Waals surface area contributed by atoms with Crippen molar-refractivity contribution in [2.24, 2.45) is 5.73 Å². The van der Waals surface area contributed by atoms with Crippen LogP contribution in [0.15, 0.2) is 54.6 Å². The number of carbonyl (C=O) groups is 1. The van der Waals surface area contributed by atoms with Gasteiger partial charge in [-0.25, -0.2) is 0 Å². The molecule has 0 heterocycles. The smallest absolute Gasteiger partial charge is 0.262 e. The van der Waals surface area contributed by atoms with Crippen molar-refractivity contribution in [2.75, 3.05) is 11.9 Å².